The standard InChI is InChI=1S/C13H18N2O4/c1-19-11(8-14)12(16)15-7-6-9-2-4-10(5-3-9)13(17)18/h2-5,11H,6-8,14H2,1H3,(H,15,16)(H,17,18). The highest BCUT2D eigenvalue weighted by atomic mass is 16.5. The van der Waals surface area contributed by atoms with E-state index in [1.807, 2.05) is 0 Å². The third kappa shape index (κ3) is 4.69. The zero-order valence-corrected chi connectivity index (χ0v) is 10.8. The van der Waals surface area contributed by atoms with E-state index in [1.54, 1.807) is 12.1 Å². The molecule has 1 aromatic rings. The number of hydrogen-bond donors (Lipinski definition) is 3. The summed E-state index contributed by atoms with van der Waals surface area (Å²) in [4.78, 5) is 22.2. The Kier molecular flexibility index (Phi) is 5.98. The lowest BCUT2D eigenvalue weighted by atomic mass is 10.1. The number of nitrogens with two attached hydrogens (primary N) is 1. The lowest BCUT2D eigenvalue weighted by Crippen LogP contribution is -2.41. The van der Waals surface area contributed by atoms with Crippen LogP contribution in [0.4, 0.5) is 0 Å². The van der Waals surface area contributed by atoms with E-state index in [2.05, 4.69) is 5.32 Å². The minimum absolute atomic E-state index is 0.135. The van der Waals surface area contributed by atoms with Crippen LogP contribution in [0.25, 0.3) is 0 Å². The van der Waals surface area contributed by atoms with Gasteiger partial charge in [-0.1, -0.05) is 12.1 Å². The molecule has 0 aromatic heterocycles. The van der Waals surface area contributed by atoms with E-state index in [9.17, 15) is 9.59 Å². The van der Waals surface area contributed by atoms with Crippen molar-refractivity contribution in [2.24, 2.45) is 5.73 Å². The molecule has 6 nitrogen and oxygen atoms in total. The Hall–Kier alpha value is -1.92. The number of carbonyl (C=O) groups excluding carboxylic acids is 1. The topological polar surface area (TPSA) is 102 Å². The molecule has 0 saturated carbocycles. The largest absolute Gasteiger partial charge is 0.478 e. The minimum atomic E-state index is -0.953. The summed E-state index contributed by atoms with van der Waals surface area (Å²) in [5, 5.41) is 11.5. The summed E-state index contributed by atoms with van der Waals surface area (Å²) in [7, 11) is 1.43. The fourth-order valence-corrected chi connectivity index (χ4v) is 1.57. The second-order valence-corrected chi connectivity index (χ2v) is 4.00. The number of carbonyl (C=O) groups is 2. The number of methoxy groups -OCH3 is 1. The first-order chi connectivity index (χ1) is 9.08. The van der Waals surface area contributed by atoms with E-state index in [-0.39, 0.29) is 18.0 Å². The molecule has 0 fully saturated rings. The van der Waals surface area contributed by atoms with Gasteiger partial charge in [-0.2, -0.15) is 0 Å². The highest BCUT2D eigenvalue weighted by Crippen LogP contribution is 2.04. The Balaban J connectivity index is 2.41. The van der Waals surface area contributed by atoms with Gasteiger partial charge in [-0.25, -0.2) is 4.79 Å². The van der Waals surface area contributed by atoms with Crippen molar-refractivity contribution >= 4 is 11.9 Å². The SMILES string of the molecule is COC(CN)C(=O)NCCc1ccc(C(=O)O)cc1. The van der Waals surface area contributed by atoms with Crippen LogP contribution in [0.3, 0.4) is 0 Å². The predicted octanol–water partition coefficient (Wildman–Crippen LogP) is 0.0172. The maximum atomic E-state index is 11.5. The molecule has 0 spiro atoms. The summed E-state index contributed by atoms with van der Waals surface area (Å²) in [5.41, 5.74) is 6.57. The molecule has 0 aliphatic rings. The molecule has 1 unspecified atom stereocenters. The van der Waals surface area contributed by atoms with Crippen molar-refractivity contribution in [1.29, 1.82) is 0 Å². The van der Waals surface area contributed by atoms with Gasteiger partial charge in [0.1, 0.15) is 6.10 Å². The second kappa shape index (κ2) is 7.50. The molecule has 0 aliphatic carbocycles. The summed E-state index contributed by atoms with van der Waals surface area (Å²) in [6, 6.07) is 6.54. The average Bonchev–Trinajstić information content (AvgIpc) is 2.40. The summed E-state index contributed by atoms with van der Waals surface area (Å²) < 4.78 is 4.90. The molecule has 0 saturated heterocycles. The van der Waals surface area contributed by atoms with Crippen molar-refractivity contribution in [2.45, 2.75) is 12.5 Å². The van der Waals surface area contributed by atoms with E-state index in [0.29, 0.717) is 13.0 Å². The Morgan fingerprint density at radius 1 is 1.37 bits per heavy atom. The van der Waals surface area contributed by atoms with Gasteiger partial charge >= 0.3 is 5.97 Å². The molecule has 19 heavy (non-hydrogen) atoms. The first-order valence-corrected chi connectivity index (χ1v) is 5.91. The number of carboxylic acids is 1. The molecule has 0 radical (unpaired) electrons. The maximum Gasteiger partial charge on any atom is 0.335 e. The monoisotopic (exact) mass is 266 g/mol. The first-order valence-electron chi connectivity index (χ1n) is 5.91. The number of nitrogens with one attached hydrogen (secondary N) is 1. The van der Waals surface area contributed by atoms with Gasteiger partial charge < -0.3 is 20.9 Å². The smallest absolute Gasteiger partial charge is 0.335 e. The van der Waals surface area contributed by atoms with Crippen LogP contribution in [-0.2, 0) is 16.0 Å². The Labute approximate surface area is 111 Å². The molecule has 1 atom stereocenters. The number of rotatable bonds is 7. The van der Waals surface area contributed by atoms with Crippen molar-refractivity contribution in [2.75, 3.05) is 20.2 Å². The van der Waals surface area contributed by atoms with E-state index >= 15 is 0 Å². The second-order valence-electron chi connectivity index (χ2n) is 4.00. The highest BCUT2D eigenvalue weighted by molar-refractivity contribution is 5.87. The van der Waals surface area contributed by atoms with E-state index in [1.165, 1.54) is 19.2 Å². The summed E-state index contributed by atoms with van der Waals surface area (Å²) in [5.74, 6) is -1.20. The molecular weight excluding hydrogens is 248 g/mol. The van der Waals surface area contributed by atoms with Crippen molar-refractivity contribution in [1.82, 2.24) is 5.32 Å². The predicted molar refractivity (Wildman–Crippen MR) is 70.0 cm³/mol. The van der Waals surface area contributed by atoms with Gasteiger partial charge in [0, 0.05) is 20.2 Å². The first kappa shape index (κ1) is 15.1. The van der Waals surface area contributed by atoms with E-state index in [0.717, 1.165) is 5.56 Å². The third-order valence-corrected chi connectivity index (χ3v) is 2.70. The Bertz CT molecular complexity index is 427. The number of carboxylic acid groups (broad SMARTS) is 1. The molecular formula is C13H18N2O4. The van der Waals surface area contributed by atoms with Crippen LogP contribution in [0.15, 0.2) is 24.3 Å². The molecule has 1 amide bonds. The van der Waals surface area contributed by atoms with Crippen LogP contribution in [0.1, 0.15) is 15.9 Å². The number of benzene rings is 1. The van der Waals surface area contributed by atoms with Gasteiger partial charge in [0.05, 0.1) is 5.56 Å². The molecule has 6 heteroatoms. The van der Waals surface area contributed by atoms with Crippen molar-refractivity contribution < 1.29 is 19.4 Å². The Morgan fingerprint density at radius 3 is 2.47 bits per heavy atom. The van der Waals surface area contributed by atoms with Gasteiger partial charge in [-0.05, 0) is 24.1 Å². The molecule has 4 N–H and O–H groups in total. The van der Waals surface area contributed by atoms with Crippen LogP contribution >= 0.6 is 0 Å². The molecule has 0 bridgehead atoms. The minimum Gasteiger partial charge on any atom is -0.478 e. The quantitative estimate of drug-likeness (QED) is 0.645. The normalized spacial score (nSPS) is 11.9. The Morgan fingerprint density at radius 2 is 2.00 bits per heavy atom. The van der Waals surface area contributed by atoms with Gasteiger partial charge in [0.25, 0.3) is 0 Å². The molecule has 1 aromatic carbocycles. The van der Waals surface area contributed by atoms with Crippen LogP contribution < -0.4 is 11.1 Å². The molecule has 1 rings (SSSR count). The van der Waals surface area contributed by atoms with Crippen LogP contribution in [0.5, 0.6) is 0 Å². The van der Waals surface area contributed by atoms with E-state index < -0.39 is 12.1 Å². The molecule has 0 heterocycles. The number of hydrogen-bond acceptors (Lipinski definition) is 4. The van der Waals surface area contributed by atoms with Crippen molar-refractivity contribution in [3.63, 3.8) is 0 Å². The van der Waals surface area contributed by atoms with Gasteiger partial charge in [-0.15, -0.1) is 0 Å². The van der Waals surface area contributed by atoms with Gasteiger partial charge in [-0.3, -0.25) is 4.79 Å². The lowest BCUT2D eigenvalue weighted by Gasteiger charge is -2.12. The van der Waals surface area contributed by atoms with Crippen LogP contribution in [-0.4, -0.2) is 43.3 Å². The fraction of sp³-hybridized carbons (Fsp3) is 0.385. The molecule has 104 valence electrons. The van der Waals surface area contributed by atoms with Gasteiger partial charge in [0.2, 0.25) is 5.91 Å². The molecule has 0 aliphatic heterocycles. The zero-order chi connectivity index (χ0) is 14.3. The van der Waals surface area contributed by atoms with Crippen LogP contribution in [0, 0.1) is 0 Å². The lowest BCUT2D eigenvalue weighted by molar-refractivity contribution is -0.130. The van der Waals surface area contributed by atoms with E-state index in [4.69, 9.17) is 15.6 Å². The third-order valence-electron chi connectivity index (χ3n) is 2.70. The summed E-state index contributed by atoms with van der Waals surface area (Å²) in [6.45, 7) is 0.584. The van der Waals surface area contributed by atoms with Crippen molar-refractivity contribution in [3.05, 3.63) is 35.4 Å². The number of amides is 1. The average molecular weight is 266 g/mol. The highest BCUT2D eigenvalue weighted by Gasteiger charge is 2.14. The summed E-state index contributed by atoms with van der Waals surface area (Å²) >= 11 is 0. The number of ether oxygens (including phenoxy) is 1. The zero-order valence-electron chi connectivity index (χ0n) is 10.8. The number of aromatic carboxylic acids is 1. The fourth-order valence-electron chi connectivity index (χ4n) is 1.57. The summed E-state index contributed by atoms with van der Waals surface area (Å²) in [6.07, 6.45) is -0.0125. The van der Waals surface area contributed by atoms with Gasteiger partial charge in [0.15, 0.2) is 0 Å². The maximum absolute atomic E-state index is 11.5. The van der Waals surface area contributed by atoms with Crippen LogP contribution in [0.2, 0.25) is 0 Å². The van der Waals surface area contributed by atoms with Crippen molar-refractivity contribution in [3.8, 4) is 0 Å².